The third-order valence-corrected chi connectivity index (χ3v) is 6.50. The van der Waals surface area contributed by atoms with Gasteiger partial charge in [0.05, 0.1) is 18.0 Å². The molecule has 2 aromatic rings. The summed E-state index contributed by atoms with van der Waals surface area (Å²) in [5.41, 5.74) is 3.98. The third kappa shape index (κ3) is 4.22. The lowest BCUT2D eigenvalue weighted by molar-refractivity contribution is -0.122. The Morgan fingerprint density at radius 2 is 2.00 bits per heavy atom. The van der Waals surface area contributed by atoms with Crippen molar-refractivity contribution in [1.82, 2.24) is 24.1 Å². The molecule has 0 saturated carbocycles. The van der Waals surface area contributed by atoms with Crippen molar-refractivity contribution in [3.05, 3.63) is 89.6 Å². The van der Waals surface area contributed by atoms with Gasteiger partial charge in [-0.2, -0.15) is 0 Å². The molecule has 1 atom stereocenters. The highest BCUT2D eigenvalue weighted by Gasteiger charge is 2.26. The molecule has 0 aromatic carbocycles. The number of piperazine rings is 1. The molecule has 1 amide bonds. The van der Waals surface area contributed by atoms with E-state index in [-0.39, 0.29) is 18.2 Å². The van der Waals surface area contributed by atoms with Gasteiger partial charge in [0.15, 0.2) is 11.5 Å². The van der Waals surface area contributed by atoms with Gasteiger partial charge >= 0.3 is 0 Å². The number of aliphatic hydroxyl groups excluding tert-OH is 1. The van der Waals surface area contributed by atoms with E-state index in [1.165, 1.54) is 6.07 Å². The van der Waals surface area contributed by atoms with Crippen LogP contribution in [0.4, 0.5) is 4.39 Å². The van der Waals surface area contributed by atoms with E-state index in [1.807, 2.05) is 43.5 Å². The number of carbonyl (C=O) groups excluding carboxylic acids is 1. The Morgan fingerprint density at radius 3 is 2.79 bits per heavy atom. The predicted molar refractivity (Wildman–Crippen MR) is 129 cm³/mol. The summed E-state index contributed by atoms with van der Waals surface area (Å²) in [5.74, 6) is -0.620. The summed E-state index contributed by atoms with van der Waals surface area (Å²) in [6.45, 7) is 7.30. The van der Waals surface area contributed by atoms with Gasteiger partial charge < -0.3 is 14.4 Å². The maximum absolute atomic E-state index is 14.6. The second-order valence-corrected chi connectivity index (χ2v) is 8.89. The Hall–Kier alpha value is -3.49. The molecule has 0 aliphatic carbocycles. The van der Waals surface area contributed by atoms with E-state index >= 15 is 0 Å². The number of aromatic nitrogens is 2. The van der Waals surface area contributed by atoms with Gasteiger partial charge in [-0.1, -0.05) is 12.2 Å². The topological polar surface area (TPSA) is 64.3 Å². The number of hydrogen-bond acceptors (Lipinski definition) is 5. The first-order valence-electron chi connectivity index (χ1n) is 11.5. The summed E-state index contributed by atoms with van der Waals surface area (Å²) >= 11 is 0. The van der Waals surface area contributed by atoms with E-state index < -0.39 is 5.82 Å². The quantitative estimate of drug-likeness (QED) is 0.759. The molecule has 3 aliphatic heterocycles. The molecule has 2 aromatic heterocycles. The van der Waals surface area contributed by atoms with Crippen molar-refractivity contribution in [2.45, 2.75) is 19.9 Å². The Labute approximate surface area is 198 Å². The molecule has 0 unspecified atom stereocenters. The molecule has 8 heteroatoms. The molecule has 1 saturated heterocycles. The summed E-state index contributed by atoms with van der Waals surface area (Å²) in [6.07, 6.45) is 16.5. The van der Waals surface area contributed by atoms with Crippen molar-refractivity contribution in [2.24, 2.45) is 0 Å². The van der Waals surface area contributed by atoms with E-state index in [0.29, 0.717) is 23.7 Å². The van der Waals surface area contributed by atoms with Crippen molar-refractivity contribution in [2.75, 3.05) is 32.8 Å². The molecular weight excluding hydrogens is 433 g/mol. The zero-order valence-corrected chi connectivity index (χ0v) is 19.4. The third-order valence-electron chi connectivity index (χ3n) is 6.50. The van der Waals surface area contributed by atoms with Crippen molar-refractivity contribution in [3.8, 4) is 0 Å². The molecule has 34 heavy (non-hydrogen) atoms. The summed E-state index contributed by atoms with van der Waals surface area (Å²) in [6, 6.07) is 1.73. The first-order chi connectivity index (χ1) is 16.4. The van der Waals surface area contributed by atoms with Crippen LogP contribution in [0.1, 0.15) is 18.2 Å². The van der Waals surface area contributed by atoms with E-state index in [9.17, 15) is 14.3 Å². The number of rotatable bonds is 4. The highest BCUT2D eigenvalue weighted by Crippen LogP contribution is 2.27. The summed E-state index contributed by atoms with van der Waals surface area (Å²) in [7, 11) is 0. The SMILES string of the molecule is Cc1cn2cc(C3=C\C(=O)N4C=C(N5CCN(CCO)[C@@H](C)C5)C=C\C4=C/C=C/3)cc(F)c2n1. The summed E-state index contributed by atoms with van der Waals surface area (Å²) in [4.78, 5) is 23.7. The van der Waals surface area contributed by atoms with E-state index in [1.54, 1.807) is 27.8 Å². The lowest BCUT2D eigenvalue weighted by Gasteiger charge is -2.42. The number of β-amino-alcohol motifs (C(OH)–C–C–N with tert-alkyl or cyclic N) is 1. The normalized spacial score (nSPS) is 25.2. The molecule has 0 bridgehead atoms. The Balaban J connectivity index is 1.42. The lowest BCUT2D eigenvalue weighted by Crippen LogP contribution is -2.52. The smallest absolute Gasteiger partial charge is 0.255 e. The fourth-order valence-corrected chi connectivity index (χ4v) is 4.72. The van der Waals surface area contributed by atoms with Crippen molar-refractivity contribution in [1.29, 1.82) is 0 Å². The molecule has 5 rings (SSSR count). The fourth-order valence-electron chi connectivity index (χ4n) is 4.72. The minimum Gasteiger partial charge on any atom is -0.395 e. The van der Waals surface area contributed by atoms with Gasteiger partial charge in [0.25, 0.3) is 5.91 Å². The minimum absolute atomic E-state index is 0.156. The van der Waals surface area contributed by atoms with Crippen LogP contribution in [0.2, 0.25) is 0 Å². The Kier molecular flexibility index (Phi) is 5.93. The number of allylic oxidation sites excluding steroid dienone is 6. The number of aliphatic hydroxyl groups is 1. The van der Waals surface area contributed by atoms with Crippen LogP contribution in [0.15, 0.2) is 72.5 Å². The predicted octanol–water partition coefficient (Wildman–Crippen LogP) is 2.86. The van der Waals surface area contributed by atoms with Crippen molar-refractivity contribution >= 4 is 17.1 Å². The number of amides is 1. The number of fused-ring (bicyclic) bond motifs is 2. The minimum atomic E-state index is -0.428. The average molecular weight is 462 g/mol. The van der Waals surface area contributed by atoms with Gasteiger partial charge in [-0.15, -0.1) is 0 Å². The van der Waals surface area contributed by atoms with Gasteiger partial charge in [0, 0.05) is 68.2 Å². The van der Waals surface area contributed by atoms with Crippen LogP contribution >= 0.6 is 0 Å². The van der Waals surface area contributed by atoms with E-state index in [4.69, 9.17) is 0 Å². The lowest BCUT2D eigenvalue weighted by atomic mass is 10.0. The number of halogens is 1. The average Bonchev–Trinajstić information content (AvgIpc) is 3.19. The molecule has 1 fully saturated rings. The van der Waals surface area contributed by atoms with Crippen LogP contribution in [0.3, 0.4) is 0 Å². The summed E-state index contributed by atoms with van der Waals surface area (Å²) < 4.78 is 16.3. The number of carbonyl (C=O) groups is 1. The molecule has 176 valence electrons. The molecule has 0 radical (unpaired) electrons. The van der Waals surface area contributed by atoms with E-state index in [2.05, 4.69) is 21.7 Å². The van der Waals surface area contributed by atoms with Crippen LogP contribution in [-0.2, 0) is 4.79 Å². The fraction of sp³-hybridized carbons (Fsp3) is 0.308. The van der Waals surface area contributed by atoms with Gasteiger partial charge in [0.1, 0.15) is 0 Å². The van der Waals surface area contributed by atoms with Crippen LogP contribution in [0, 0.1) is 12.7 Å². The van der Waals surface area contributed by atoms with Gasteiger partial charge in [-0.25, -0.2) is 9.37 Å². The number of hydrogen-bond donors (Lipinski definition) is 1. The maximum atomic E-state index is 14.6. The zero-order chi connectivity index (χ0) is 23.8. The van der Waals surface area contributed by atoms with Gasteiger partial charge in [0.2, 0.25) is 0 Å². The second-order valence-electron chi connectivity index (χ2n) is 8.89. The number of aryl methyl sites for hydroxylation is 1. The summed E-state index contributed by atoms with van der Waals surface area (Å²) in [5, 5.41) is 9.27. The first-order valence-corrected chi connectivity index (χ1v) is 11.5. The Morgan fingerprint density at radius 1 is 1.18 bits per heavy atom. The first kappa shape index (κ1) is 22.3. The van der Waals surface area contributed by atoms with Crippen LogP contribution in [-0.4, -0.2) is 73.9 Å². The monoisotopic (exact) mass is 461 g/mol. The molecule has 7 nitrogen and oxygen atoms in total. The van der Waals surface area contributed by atoms with Crippen LogP contribution in [0.25, 0.3) is 11.2 Å². The second kappa shape index (κ2) is 9.04. The standard InChI is InChI=1S/C26H28FN5O2/c1-18-14-31-16-21(12-24(27)26(31)28-18)20-4-3-5-22-6-7-23(17-32(22)25(34)13-20)30-9-8-29(10-11-33)19(2)15-30/h3-7,12-14,16-17,19,33H,8-11,15H2,1-2H3/b4-3+,20-13+,22-5+/t19-/m0/s1. The number of imidazole rings is 1. The highest BCUT2D eigenvalue weighted by atomic mass is 19.1. The van der Waals surface area contributed by atoms with Crippen LogP contribution < -0.4 is 0 Å². The van der Waals surface area contributed by atoms with Crippen LogP contribution in [0.5, 0.6) is 0 Å². The molecule has 3 aliphatic rings. The number of nitrogens with zero attached hydrogens (tertiary/aromatic N) is 5. The highest BCUT2D eigenvalue weighted by molar-refractivity contribution is 5.99. The van der Waals surface area contributed by atoms with Crippen molar-refractivity contribution in [3.63, 3.8) is 0 Å². The molecule has 1 N–H and O–H groups in total. The largest absolute Gasteiger partial charge is 0.395 e. The van der Waals surface area contributed by atoms with Crippen molar-refractivity contribution < 1.29 is 14.3 Å². The molecular formula is C26H28FN5O2. The maximum Gasteiger partial charge on any atom is 0.255 e. The Bertz CT molecular complexity index is 1290. The zero-order valence-electron chi connectivity index (χ0n) is 19.4. The van der Waals surface area contributed by atoms with E-state index in [0.717, 1.165) is 36.7 Å². The molecule has 5 heterocycles. The van der Waals surface area contributed by atoms with Gasteiger partial charge in [-0.3, -0.25) is 14.6 Å². The number of pyridine rings is 1. The molecule has 0 spiro atoms. The van der Waals surface area contributed by atoms with Gasteiger partial charge in [-0.05, 0) is 43.7 Å².